The minimum Gasteiger partial charge on any atom is -0.396 e. The maximum Gasteiger partial charge on any atom is 0.191 e. The first-order valence-electron chi connectivity index (χ1n) is 9.03. The second-order valence-electron chi connectivity index (χ2n) is 6.64. The summed E-state index contributed by atoms with van der Waals surface area (Å²) in [6.45, 7) is 8.26. The largest absolute Gasteiger partial charge is 0.396 e. The van der Waals surface area contributed by atoms with E-state index < -0.39 is 11.6 Å². The topological polar surface area (TPSA) is 56.7 Å². The van der Waals surface area contributed by atoms with Crippen molar-refractivity contribution < 1.29 is 13.9 Å². The number of aliphatic hydroxyl groups excluding tert-OH is 1. The lowest BCUT2D eigenvalue weighted by Crippen LogP contribution is -2.38. The Hall–Kier alpha value is -0.960. The second kappa shape index (κ2) is 14.1. The minimum absolute atomic E-state index is 0. The highest BCUT2D eigenvalue weighted by Crippen LogP contribution is 2.15. The quantitative estimate of drug-likeness (QED) is 0.270. The van der Waals surface area contributed by atoms with Crippen LogP contribution in [0, 0.1) is 23.5 Å². The Balaban J connectivity index is 0.00000625. The van der Waals surface area contributed by atoms with Crippen LogP contribution in [0.4, 0.5) is 8.78 Å². The van der Waals surface area contributed by atoms with E-state index in [1.165, 1.54) is 6.07 Å². The van der Waals surface area contributed by atoms with Gasteiger partial charge in [-0.05, 0) is 61.8 Å². The molecule has 1 aromatic rings. The monoisotopic (exact) mass is 483 g/mol. The zero-order chi connectivity index (χ0) is 18.7. The van der Waals surface area contributed by atoms with Gasteiger partial charge in [0.05, 0.1) is 0 Å². The molecule has 0 aliphatic rings. The van der Waals surface area contributed by atoms with E-state index in [1.807, 2.05) is 6.92 Å². The van der Waals surface area contributed by atoms with Crippen LogP contribution in [0.3, 0.4) is 0 Å². The molecule has 0 saturated carbocycles. The van der Waals surface area contributed by atoms with Crippen LogP contribution in [0.25, 0.3) is 0 Å². The lowest BCUT2D eigenvalue weighted by Gasteiger charge is -2.17. The van der Waals surface area contributed by atoms with Crippen molar-refractivity contribution in [2.45, 2.75) is 40.0 Å². The molecule has 0 spiro atoms. The van der Waals surface area contributed by atoms with E-state index in [0.29, 0.717) is 42.9 Å². The second-order valence-corrected chi connectivity index (χ2v) is 6.64. The number of guanidine groups is 1. The fourth-order valence-corrected chi connectivity index (χ4v) is 2.75. The Bertz CT molecular complexity index is 542. The van der Waals surface area contributed by atoms with Gasteiger partial charge in [0, 0.05) is 26.2 Å². The summed E-state index contributed by atoms with van der Waals surface area (Å²) in [5.41, 5.74) is 0.348. The van der Waals surface area contributed by atoms with Gasteiger partial charge < -0.3 is 15.7 Å². The number of hydrogen-bond donors (Lipinski definition) is 3. The Morgan fingerprint density at radius 2 is 1.96 bits per heavy atom. The van der Waals surface area contributed by atoms with Crippen LogP contribution in [0.5, 0.6) is 0 Å². The number of aliphatic imine (C=N–C) groups is 1. The molecule has 26 heavy (non-hydrogen) atoms. The maximum atomic E-state index is 13.6. The molecule has 0 fully saturated rings. The lowest BCUT2D eigenvalue weighted by molar-refractivity contribution is 0.245. The lowest BCUT2D eigenvalue weighted by atomic mass is 9.94. The zero-order valence-corrected chi connectivity index (χ0v) is 18.2. The van der Waals surface area contributed by atoms with Crippen molar-refractivity contribution >= 4 is 29.9 Å². The highest BCUT2D eigenvalue weighted by atomic mass is 127. The van der Waals surface area contributed by atoms with Crippen molar-refractivity contribution in [1.29, 1.82) is 0 Å². The van der Waals surface area contributed by atoms with Gasteiger partial charge in [-0.2, -0.15) is 0 Å². The zero-order valence-electron chi connectivity index (χ0n) is 15.9. The summed E-state index contributed by atoms with van der Waals surface area (Å²) < 4.78 is 26.8. The van der Waals surface area contributed by atoms with E-state index in [1.54, 1.807) is 0 Å². The van der Waals surface area contributed by atoms with E-state index in [0.717, 1.165) is 31.5 Å². The normalized spacial score (nSPS) is 12.7. The molecule has 150 valence electrons. The fourth-order valence-electron chi connectivity index (χ4n) is 2.75. The molecule has 3 N–H and O–H groups in total. The maximum absolute atomic E-state index is 13.6. The molecule has 0 aliphatic heterocycles. The van der Waals surface area contributed by atoms with Crippen LogP contribution in [0.1, 0.15) is 39.2 Å². The molecular formula is C19H32F2IN3O. The summed E-state index contributed by atoms with van der Waals surface area (Å²) in [5, 5.41) is 15.5. The predicted octanol–water partition coefficient (Wildman–Crippen LogP) is 3.73. The first-order chi connectivity index (χ1) is 12.0. The Morgan fingerprint density at radius 3 is 2.58 bits per heavy atom. The highest BCUT2D eigenvalue weighted by Gasteiger charge is 2.11. The van der Waals surface area contributed by atoms with Gasteiger partial charge in [0.2, 0.25) is 0 Å². The standard InChI is InChI=1S/C19H31F2N3O.HI/c1-4-22-19(24-13-15(8-10-25)11-14(2)3)23-9-7-16-12-17(20)5-6-18(16)21;/h5-6,12,14-15,25H,4,7-11,13H2,1-3H3,(H2,22,23,24);1H. The van der Waals surface area contributed by atoms with Gasteiger partial charge in [-0.25, -0.2) is 8.78 Å². The van der Waals surface area contributed by atoms with Gasteiger partial charge in [-0.3, -0.25) is 4.99 Å². The summed E-state index contributed by atoms with van der Waals surface area (Å²) >= 11 is 0. The van der Waals surface area contributed by atoms with Gasteiger partial charge in [-0.1, -0.05) is 13.8 Å². The van der Waals surface area contributed by atoms with E-state index in [9.17, 15) is 13.9 Å². The summed E-state index contributed by atoms with van der Waals surface area (Å²) in [6.07, 6.45) is 2.12. The third-order valence-corrected chi connectivity index (χ3v) is 3.89. The third kappa shape index (κ3) is 10.3. The molecule has 0 radical (unpaired) electrons. The molecule has 1 aromatic carbocycles. The van der Waals surface area contributed by atoms with Gasteiger partial charge in [0.1, 0.15) is 11.6 Å². The van der Waals surface area contributed by atoms with E-state index in [4.69, 9.17) is 0 Å². The summed E-state index contributed by atoms with van der Waals surface area (Å²) in [6, 6.07) is 3.49. The fraction of sp³-hybridized carbons (Fsp3) is 0.632. The van der Waals surface area contributed by atoms with Crippen molar-refractivity contribution in [3.05, 3.63) is 35.4 Å². The number of halogens is 3. The van der Waals surface area contributed by atoms with Crippen LogP contribution in [0.15, 0.2) is 23.2 Å². The molecule has 0 saturated heterocycles. The highest BCUT2D eigenvalue weighted by molar-refractivity contribution is 14.0. The van der Waals surface area contributed by atoms with Crippen molar-refractivity contribution in [2.75, 3.05) is 26.2 Å². The van der Waals surface area contributed by atoms with Crippen LogP contribution in [0.2, 0.25) is 0 Å². The molecule has 1 rings (SSSR count). The molecule has 1 atom stereocenters. The first kappa shape index (κ1) is 25.0. The Kier molecular flexibility index (Phi) is 13.6. The predicted molar refractivity (Wildman–Crippen MR) is 114 cm³/mol. The number of aliphatic hydroxyl groups is 1. The van der Waals surface area contributed by atoms with Crippen molar-refractivity contribution in [3.63, 3.8) is 0 Å². The van der Waals surface area contributed by atoms with Crippen molar-refractivity contribution in [3.8, 4) is 0 Å². The van der Waals surface area contributed by atoms with Crippen molar-refractivity contribution in [2.24, 2.45) is 16.8 Å². The summed E-state index contributed by atoms with van der Waals surface area (Å²) in [4.78, 5) is 4.57. The van der Waals surface area contributed by atoms with Gasteiger partial charge in [0.15, 0.2) is 5.96 Å². The van der Waals surface area contributed by atoms with E-state index >= 15 is 0 Å². The summed E-state index contributed by atoms with van der Waals surface area (Å²) in [7, 11) is 0. The van der Waals surface area contributed by atoms with Crippen LogP contribution in [-0.2, 0) is 6.42 Å². The minimum atomic E-state index is -0.433. The molecule has 1 unspecified atom stereocenters. The molecule has 0 bridgehead atoms. The summed E-state index contributed by atoms with van der Waals surface area (Å²) in [5.74, 6) is 0.716. The average molecular weight is 483 g/mol. The van der Waals surface area contributed by atoms with Crippen LogP contribution < -0.4 is 10.6 Å². The molecular weight excluding hydrogens is 451 g/mol. The van der Waals surface area contributed by atoms with E-state index in [2.05, 4.69) is 29.5 Å². The van der Waals surface area contributed by atoms with Crippen LogP contribution >= 0.6 is 24.0 Å². The van der Waals surface area contributed by atoms with Crippen LogP contribution in [-0.4, -0.2) is 37.3 Å². The number of benzene rings is 1. The molecule has 0 amide bonds. The van der Waals surface area contributed by atoms with Gasteiger partial charge in [-0.15, -0.1) is 24.0 Å². The molecule has 7 heteroatoms. The molecule has 0 aromatic heterocycles. The van der Waals surface area contributed by atoms with E-state index in [-0.39, 0.29) is 30.6 Å². The molecule has 0 heterocycles. The Morgan fingerprint density at radius 1 is 1.23 bits per heavy atom. The van der Waals surface area contributed by atoms with Gasteiger partial charge in [0.25, 0.3) is 0 Å². The van der Waals surface area contributed by atoms with Gasteiger partial charge >= 0.3 is 0 Å². The smallest absolute Gasteiger partial charge is 0.191 e. The number of rotatable bonds is 10. The first-order valence-corrected chi connectivity index (χ1v) is 9.03. The molecule has 4 nitrogen and oxygen atoms in total. The number of nitrogens with zero attached hydrogens (tertiary/aromatic N) is 1. The SMILES string of the molecule is CCNC(=NCC(CCO)CC(C)C)NCCc1cc(F)ccc1F.I. The third-order valence-electron chi connectivity index (χ3n) is 3.89. The van der Waals surface area contributed by atoms with Crippen molar-refractivity contribution in [1.82, 2.24) is 10.6 Å². The number of hydrogen-bond acceptors (Lipinski definition) is 2. The Labute approximate surface area is 172 Å². The number of nitrogens with one attached hydrogen (secondary N) is 2. The average Bonchev–Trinajstić information content (AvgIpc) is 2.55. The molecule has 0 aliphatic carbocycles.